The average Bonchev–Trinajstić information content (AvgIpc) is 2.93. The van der Waals surface area contributed by atoms with Crippen LogP contribution in [0.15, 0.2) is 47.5 Å². The monoisotopic (exact) mass is 375 g/mol. The Morgan fingerprint density at radius 1 is 1.12 bits per heavy atom. The van der Waals surface area contributed by atoms with E-state index < -0.39 is 0 Å². The number of nitrogens with zero attached hydrogens (tertiary/aromatic N) is 3. The number of aryl methyl sites for hydroxylation is 1. The zero-order chi connectivity index (χ0) is 17.8. The molecule has 2 N–H and O–H groups in total. The van der Waals surface area contributed by atoms with Crippen molar-refractivity contribution < 1.29 is 0 Å². The van der Waals surface area contributed by atoms with Gasteiger partial charge in [0.25, 0.3) is 0 Å². The number of guanidine groups is 1. The maximum absolute atomic E-state index is 6.20. The molecule has 3 aromatic rings. The molecule has 1 aromatic heterocycles. The molecule has 5 nitrogen and oxygen atoms in total. The molecule has 3 rings (SSSR count). The minimum absolute atomic E-state index is 0.554. The molecule has 25 heavy (non-hydrogen) atoms. The quantitative estimate of drug-likeness (QED) is 0.539. The van der Waals surface area contributed by atoms with E-state index in [4.69, 9.17) is 23.2 Å². The van der Waals surface area contributed by atoms with Gasteiger partial charge in [-0.3, -0.25) is 4.99 Å². The van der Waals surface area contributed by atoms with Crippen molar-refractivity contribution in [2.45, 2.75) is 13.1 Å². The van der Waals surface area contributed by atoms with Crippen molar-refractivity contribution in [2.24, 2.45) is 12.0 Å². The van der Waals surface area contributed by atoms with E-state index >= 15 is 0 Å². The predicted octanol–water partition coefficient (Wildman–Crippen LogP) is 3.75. The fraction of sp³-hybridized carbons (Fsp3) is 0.222. The first kappa shape index (κ1) is 17.6. The van der Waals surface area contributed by atoms with Crippen LogP contribution in [0.25, 0.3) is 11.0 Å². The highest BCUT2D eigenvalue weighted by molar-refractivity contribution is 6.35. The Hall–Kier alpha value is -2.24. The Morgan fingerprint density at radius 3 is 2.60 bits per heavy atom. The van der Waals surface area contributed by atoms with Crippen LogP contribution in [-0.2, 0) is 20.1 Å². The molecule has 0 aliphatic carbocycles. The highest BCUT2D eigenvalue weighted by Crippen LogP contribution is 2.20. The van der Waals surface area contributed by atoms with Gasteiger partial charge in [0.1, 0.15) is 5.82 Å². The van der Waals surface area contributed by atoms with E-state index in [1.165, 1.54) is 0 Å². The van der Waals surface area contributed by atoms with Gasteiger partial charge in [-0.1, -0.05) is 41.4 Å². The SMILES string of the molecule is CN=C(NCc1ccc(Cl)cc1Cl)NCc1nc2ccccc2n1C. The average molecular weight is 376 g/mol. The molecular weight excluding hydrogens is 357 g/mol. The molecule has 0 aliphatic rings. The van der Waals surface area contributed by atoms with Gasteiger partial charge in [0.2, 0.25) is 0 Å². The largest absolute Gasteiger partial charge is 0.352 e. The summed E-state index contributed by atoms with van der Waals surface area (Å²) in [6, 6.07) is 13.5. The van der Waals surface area contributed by atoms with E-state index in [1.54, 1.807) is 13.1 Å². The van der Waals surface area contributed by atoms with Gasteiger partial charge in [0.15, 0.2) is 5.96 Å². The van der Waals surface area contributed by atoms with E-state index in [-0.39, 0.29) is 0 Å². The van der Waals surface area contributed by atoms with Gasteiger partial charge in [-0.05, 0) is 29.8 Å². The third kappa shape index (κ3) is 4.06. The molecule has 0 atom stereocenters. The molecule has 0 amide bonds. The van der Waals surface area contributed by atoms with E-state index in [2.05, 4.69) is 31.2 Å². The Balaban J connectivity index is 1.63. The zero-order valence-electron chi connectivity index (χ0n) is 14.1. The van der Waals surface area contributed by atoms with Crippen molar-refractivity contribution >= 4 is 40.2 Å². The van der Waals surface area contributed by atoms with Gasteiger partial charge >= 0.3 is 0 Å². The molecule has 0 bridgehead atoms. The molecule has 7 heteroatoms. The molecule has 0 saturated heterocycles. The number of halogens is 2. The number of benzene rings is 2. The first-order chi connectivity index (χ1) is 12.1. The predicted molar refractivity (Wildman–Crippen MR) is 104 cm³/mol. The maximum atomic E-state index is 6.20. The van der Waals surface area contributed by atoms with E-state index in [0.29, 0.717) is 29.1 Å². The lowest BCUT2D eigenvalue weighted by Crippen LogP contribution is -2.36. The summed E-state index contributed by atoms with van der Waals surface area (Å²) in [6.07, 6.45) is 0. The molecule has 0 saturated carbocycles. The van der Waals surface area contributed by atoms with Gasteiger partial charge in [-0.25, -0.2) is 4.98 Å². The number of aliphatic imine (C=N–C) groups is 1. The van der Waals surface area contributed by atoms with Crippen molar-refractivity contribution in [1.29, 1.82) is 0 Å². The fourth-order valence-electron chi connectivity index (χ4n) is 2.58. The summed E-state index contributed by atoms with van der Waals surface area (Å²) >= 11 is 12.1. The van der Waals surface area contributed by atoms with Crippen LogP contribution < -0.4 is 10.6 Å². The normalized spacial score (nSPS) is 11.8. The van der Waals surface area contributed by atoms with E-state index in [1.807, 2.05) is 37.4 Å². The van der Waals surface area contributed by atoms with Crippen LogP contribution in [0, 0.1) is 0 Å². The summed E-state index contributed by atoms with van der Waals surface area (Å²) in [6.45, 7) is 1.12. The second-order valence-corrected chi connectivity index (χ2v) is 6.43. The van der Waals surface area contributed by atoms with Gasteiger partial charge < -0.3 is 15.2 Å². The van der Waals surface area contributed by atoms with Gasteiger partial charge in [-0.2, -0.15) is 0 Å². The lowest BCUT2D eigenvalue weighted by Gasteiger charge is -2.12. The third-order valence-electron chi connectivity index (χ3n) is 3.98. The minimum Gasteiger partial charge on any atom is -0.352 e. The maximum Gasteiger partial charge on any atom is 0.191 e. The van der Waals surface area contributed by atoms with Crippen molar-refractivity contribution in [2.75, 3.05) is 7.05 Å². The van der Waals surface area contributed by atoms with Crippen molar-refractivity contribution in [3.05, 3.63) is 63.9 Å². The number of imidazole rings is 1. The molecule has 1 heterocycles. The van der Waals surface area contributed by atoms with Crippen molar-refractivity contribution in [1.82, 2.24) is 20.2 Å². The molecule has 130 valence electrons. The zero-order valence-corrected chi connectivity index (χ0v) is 15.6. The Morgan fingerprint density at radius 2 is 1.88 bits per heavy atom. The lowest BCUT2D eigenvalue weighted by atomic mass is 10.2. The highest BCUT2D eigenvalue weighted by Gasteiger charge is 2.08. The number of nitrogens with one attached hydrogen (secondary N) is 2. The fourth-order valence-corrected chi connectivity index (χ4v) is 3.06. The number of aromatic nitrogens is 2. The van der Waals surface area contributed by atoms with Crippen LogP contribution in [0.1, 0.15) is 11.4 Å². The van der Waals surface area contributed by atoms with Crippen LogP contribution >= 0.6 is 23.2 Å². The van der Waals surface area contributed by atoms with Crippen molar-refractivity contribution in [3.8, 4) is 0 Å². The van der Waals surface area contributed by atoms with Gasteiger partial charge in [0.05, 0.1) is 17.6 Å². The molecule has 0 aliphatic heterocycles. The molecule has 0 fully saturated rings. The minimum atomic E-state index is 0.554. The first-order valence-electron chi connectivity index (χ1n) is 7.87. The number of para-hydroxylation sites is 2. The van der Waals surface area contributed by atoms with E-state index in [0.717, 1.165) is 22.4 Å². The van der Waals surface area contributed by atoms with Crippen LogP contribution in [0.4, 0.5) is 0 Å². The summed E-state index contributed by atoms with van der Waals surface area (Å²) in [4.78, 5) is 8.88. The van der Waals surface area contributed by atoms with E-state index in [9.17, 15) is 0 Å². The molecule has 0 radical (unpaired) electrons. The number of hydrogen-bond acceptors (Lipinski definition) is 2. The number of rotatable bonds is 4. The van der Waals surface area contributed by atoms with Crippen LogP contribution in [0.3, 0.4) is 0 Å². The Kier molecular flexibility index (Phi) is 5.46. The Bertz CT molecular complexity index is 917. The smallest absolute Gasteiger partial charge is 0.191 e. The molecule has 2 aromatic carbocycles. The van der Waals surface area contributed by atoms with Crippen LogP contribution in [-0.4, -0.2) is 22.6 Å². The topological polar surface area (TPSA) is 54.2 Å². The summed E-state index contributed by atoms with van der Waals surface area (Å²) in [7, 11) is 3.74. The summed E-state index contributed by atoms with van der Waals surface area (Å²) in [5.41, 5.74) is 3.05. The first-order valence-corrected chi connectivity index (χ1v) is 8.63. The van der Waals surface area contributed by atoms with Crippen LogP contribution in [0.2, 0.25) is 10.0 Å². The number of fused-ring (bicyclic) bond motifs is 1. The Labute approximate surface area is 156 Å². The van der Waals surface area contributed by atoms with Gasteiger partial charge in [0, 0.05) is 30.7 Å². The molecular formula is C18H19Cl2N5. The molecule has 0 unspecified atom stereocenters. The highest BCUT2D eigenvalue weighted by atomic mass is 35.5. The summed E-state index contributed by atoms with van der Waals surface area (Å²) in [5, 5.41) is 7.77. The standard InChI is InChI=1S/C18H19Cl2N5/c1-21-18(22-10-12-7-8-13(19)9-14(12)20)23-11-17-24-15-5-3-4-6-16(15)25(17)2/h3-9H,10-11H2,1-2H3,(H2,21,22,23). The van der Waals surface area contributed by atoms with Gasteiger partial charge in [-0.15, -0.1) is 0 Å². The lowest BCUT2D eigenvalue weighted by molar-refractivity contribution is 0.736. The second-order valence-electron chi connectivity index (χ2n) is 5.59. The number of hydrogen-bond donors (Lipinski definition) is 2. The summed E-state index contributed by atoms with van der Waals surface area (Å²) in [5.74, 6) is 1.62. The second kappa shape index (κ2) is 7.76. The van der Waals surface area contributed by atoms with Crippen LogP contribution in [0.5, 0.6) is 0 Å². The third-order valence-corrected chi connectivity index (χ3v) is 4.57. The van der Waals surface area contributed by atoms with Crippen molar-refractivity contribution in [3.63, 3.8) is 0 Å². The molecule has 0 spiro atoms. The summed E-state index contributed by atoms with van der Waals surface area (Å²) < 4.78 is 2.08.